The molecule has 4 heteroatoms. The Kier molecular flexibility index (Phi) is 3.33. The number of carbonyl (C=O) groups excluding carboxylic acids is 1. The third-order valence-corrected chi connectivity index (χ3v) is 3.30. The van der Waals surface area contributed by atoms with E-state index in [1.807, 2.05) is 4.68 Å². The first-order chi connectivity index (χ1) is 8.04. The Morgan fingerprint density at radius 3 is 2.76 bits per heavy atom. The summed E-state index contributed by atoms with van der Waals surface area (Å²) in [6.07, 6.45) is 1.51. The molecule has 94 valence electrons. The highest BCUT2D eigenvalue weighted by molar-refractivity contribution is 5.99. The third-order valence-electron chi connectivity index (χ3n) is 3.30. The molecular weight excluding hydrogens is 216 g/mol. The number of hydrogen-bond donors (Lipinski definition) is 1. The average molecular weight is 236 g/mol. The van der Waals surface area contributed by atoms with E-state index >= 15 is 0 Å². The second-order valence-electron chi connectivity index (χ2n) is 5.24. The molecule has 1 heterocycles. The van der Waals surface area contributed by atoms with Crippen LogP contribution in [0.25, 0.3) is 0 Å². The fraction of sp³-hybridized carbons (Fsp3) is 0.692. The SMILES string of the molecule is CC1CC(=O)c2c(C(C)C)nn(CCO)c2C1. The monoisotopic (exact) mass is 236 g/mol. The average Bonchev–Trinajstić information content (AvgIpc) is 2.58. The van der Waals surface area contributed by atoms with Crippen LogP contribution < -0.4 is 0 Å². The Morgan fingerprint density at radius 2 is 2.18 bits per heavy atom. The van der Waals surface area contributed by atoms with Crippen molar-refractivity contribution >= 4 is 5.78 Å². The molecule has 2 rings (SSSR count). The minimum atomic E-state index is 0.0637. The lowest BCUT2D eigenvalue weighted by Crippen LogP contribution is -2.21. The van der Waals surface area contributed by atoms with Crippen molar-refractivity contribution in [2.75, 3.05) is 6.61 Å². The molecule has 0 bridgehead atoms. The molecule has 4 nitrogen and oxygen atoms in total. The van der Waals surface area contributed by atoms with Crippen molar-refractivity contribution in [3.63, 3.8) is 0 Å². The van der Waals surface area contributed by atoms with E-state index in [0.29, 0.717) is 18.9 Å². The quantitative estimate of drug-likeness (QED) is 0.870. The van der Waals surface area contributed by atoms with Crippen molar-refractivity contribution in [2.24, 2.45) is 5.92 Å². The molecule has 1 unspecified atom stereocenters. The van der Waals surface area contributed by atoms with Crippen molar-refractivity contribution in [1.82, 2.24) is 9.78 Å². The summed E-state index contributed by atoms with van der Waals surface area (Å²) in [6, 6.07) is 0. The Hall–Kier alpha value is -1.16. The van der Waals surface area contributed by atoms with Crippen LogP contribution in [0, 0.1) is 5.92 Å². The number of fused-ring (bicyclic) bond motifs is 1. The summed E-state index contributed by atoms with van der Waals surface area (Å²) in [6.45, 7) is 6.74. The van der Waals surface area contributed by atoms with E-state index in [1.54, 1.807) is 0 Å². The minimum absolute atomic E-state index is 0.0637. The molecule has 17 heavy (non-hydrogen) atoms. The lowest BCUT2D eigenvalue weighted by Gasteiger charge is -2.19. The summed E-state index contributed by atoms with van der Waals surface area (Å²) in [7, 11) is 0. The summed E-state index contributed by atoms with van der Waals surface area (Å²) in [5, 5.41) is 13.6. The van der Waals surface area contributed by atoms with Crippen LogP contribution in [0.3, 0.4) is 0 Å². The maximum atomic E-state index is 12.1. The van der Waals surface area contributed by atoms with E-state index in [0.717, 1.165) is 23.4 Å². The summed E-state index contributed by atoms with van der Waals surface area (Å²) >= 11 is 0. The molecule has 1 atom stereocenters. The Balaban J connectivity index is 2.52. The first kappa shape index (κ1) is 12.3. The van der Waals surface area contributed by atoms with E-state index in [2.05, 4.69) is 25.9 Å². The lowest BCUT2D eigenvalue weighted by atomic mass is 9.85. The predicted molar refractivity (Wildman–Crippen MR) is 65.2 cm³/mol. The molecule has 0 aromatic carbocycles. The van der Waals surface area contributed by atoms with Crippen LogP contribution in [0.5, 0.6) is 0 Å². The molecule has 0 saturated heterocycles. The number of aliphatic hydroxyl groups excluding tert-OH is 1. The Bertz CT molecular complexity index is 435. The Morgan fingerprint density at radius 1 is 1.47 bits per heavy atom. The van der Waals surface area contributed by atoms with Gasteiger partial charge in [0.2, 0.25) is 0 Å². The highest BCUT2D eigenvalue weighted by Crippen LogP contribution is 2.31. The van der Waals surface area contributed by atoms with E-state index < -0.39 is 0 Å². The molecule has 0 saturated carbocycles. The van der Waals surface area contributed by atoms with Gasteiger partial charge in [-0.15, -0.1) is 0 Å². The molecule has 0 aliphatic heterocycles. The van der Waals surface area contributed by atoms with Crippen LogP contribution in [0.15, 0.2) is 0 Å². The summed E-state index contributed by atoms with van der Waals surface area (Å²) in [5.74, 6) is 0.844. The van der Waals surface area contributed by atoms with Gasteiger partial charge in [-0.2, -0.15) is 5.10 Å². The van der Waals surface area contributed by atoms with Crippen LogP contribution in [0.1, 0.15) is 54.9 Å². The number of Topliss-reactive ketones (excluding diaryl/α,β-unsaturated/α-hetero) is 1. The molecule has 0 amide bonds. The van der Waals surface area contributed by atoms with Gasteiger partial charge in [0.1, 0.15) is 0 Å². The van der Waals surface area contributed by atoms with E-state index in [4.69, 9.17) is 5.11 Å². The molecule has 1 N–H and O–H groups in total. The summed E-state index contributed by atoms with van der Waals surface area (Å²) in [5.41, 5.74) is 2.74. The highest BCUT2D eigenvalue weighted by Gasteiger charge is 2.30. The van der Waals surface area contributed by atoms with Crippen molar-refractivity contribution < 1.29 is 9.90 Å². The van der Waals surface area contributed by atoms with Crippen molar-refractivity contribution in [2.45, 2.75) is 46.1 Å². The van der Waals surface area contributed by atoms with E-state index in [1.165, 1.54) is 0 Å². The molecule has 1 aliphatic rings. The van der Waals surface area contributed by atoms with Gasteiger partial charge < -0.3 is 5.11 Å². The lowest BCUT2D eigenvalue weighted by molar-refractivity contribution is 0.0950. The van der Waals surface area contributed by atoms with Gasteiger partial charge >= 0.3 is 0 Å². The summed E-state index contributed by atoms with van der Waals surface area (Å²) in [4.78, 5) is 12.1. The van der Waals surface area contributed by atoms with Gasteiger partial charge in [0.15, 0.2) is 5.78 Å². The van der Waals surface area contributed by atoms with Crippen molar-refractivity contribution in [3.05, 3.63) is 17.0 Å². The zero-order valence-corrected chi connectivity index (χ0v) is 10.7. The number of aliphatic hydroxyl groups is 1. The van der Waals surface area contributed by atoms with Gasteiger partial charge in [-0.25, -0.2) is 0 Å². The van der Waals surface area contributed by atoms with Crippen LogP contribution in [-0.2, 0) is 13.0 Å². The molecule has 1 aromatic rings. The molecule has 0 spiro atoms. The second-order valence-corrected chi connectivity index (χ2v) is 5.24. The molecule has 0 fully saturated rings. The van der Waals surface area contributed by atoms with Gasteiger partial charge in [-0.05, 0) is 18.3 Å². The van der Waals surface area contributed by atoms with Gasteiger partial charge in [-0.3, -0.25) is 9.48 Å². The van der Waals surface area contributed by atoms with Crippen molar-refractivity contribution in [1.29, 1.82) is 0 Å². The molecule has 1 aliphatic carbocycles. The summed E-state index contributed by atoms with van der Waals surface area (Å²) < 4.78 is 1.82. The number of hydrogen-bond acceptors (Lipinski definition) is 3. The highest BCUT2D eigenvalue weighted by atomic mass is 16.3. The van der Waals surface area contributed by atoms with Gasteiger partial charge in [0.25, 0.3) is 0 Å². The standard InChI is InChI=1S/C13H20N2O2/c1-8(2)13-12-10(15(14-13)4-5-16)6-9(3)7-11(12)17/h8-9,16H,4-7H2,1-3H3. The number of aromatic nitrogens is 2. The number of rotatable bonds is 3. The Labute approximate surface area is 102 Å². The number of nitrogens with zero attached hydrogens (tertiary/aromatic N) is 2. The molecular formula is C13H20N2O2. The van der Waals surface area contributed by atoms with Crippen LogP contribution in [0.4, 0.5) is 0 Å². The topological polar surface area (TPSA) is 55.1 Å². The molecule has 0 radical (unpaired) electrons. The number of ketones is 1. The van der Waals surface area contributed by atoms with Gasteiger partial charge in [0.05, 0.1) is 24.4 Å². The second kappa shape index (κ2) is 4.61. The number of carbonyl (C=O) groups is 1. The third kappa shape index (κ3) is 2.14. The predicted octanol–water partition coefficient (Wildman–Crippen LogP) is 1.76. The zero-order chi connectivity index (χ0) is 12.6. The fourth-order valence-electron chi connectivity index (χ4n) is 2.53. The fourth-order valence-corrected chi connectivity index (χ4v) is 2.53. The van der Waals surface area contributed by atoms with E-state index in [9.17, 15) is 4.79 Å². The maximum absolute atomic E-state index is 12.1. The van der Waals surface area contributed by atoms with Crippen molar-refractivity contribution in [3.8, 4) is 0 Å². The van der Waals surface area contributed by atoms with Gasteiger partial charge in [0, 0.05) is 12.1 Å². The minimum Gasteiger partial charge on any atom is -0.394 e. The molecule has 1 aromatic heterocycles. The first-order valence-corrected chi connectivity index (χ1v) is 6.28. The smallest absolute Gasteiger partial charge is 0.166 e. The normalized spacial score (nSPS) is 19.8. The largest absolute Gasteiger partial charge is 0.394 e. The first-order valence-electron chi connectivity index (χ1n) is 6.28. The van der Waals surface area contributed by atoms with Crippen LogP contribution >= 0.6 is 0 Å². The maximum Gasteiger partial charge on any atom is 0.166 e. The van der Waals surface area contributed by atoms with Crippen LogP contribution in [-0.4, -0.2) is 27.3 Å². The zero-order valence-electron chi connectivity index (χ0n) is 10.7. The van der Waals surface area contributed by atoms with Gasteiger partial charge in [-0.1, -0.05) is 20.8 Å². The van der Waals surface area contributed by atoms with E-state index in [-0.39, 0.29) is 18.3 Å². The van der Waals surface area contributed by atoms with Crippen LogP contribution in [0.2, 0.25) is 0 Å².